The lowest BCUT2D eigenvalue weighted by atomic mass is 10.1. The molecule has 2 heterocycles. The van der Waals surface area contributed by atoms with Crippen molar-refractivity contribution in [3.8, 4) is 5.88 Å². The normalized spacial score (nSPS) is 18.2. The van der Waals surface area contributed by atoms with Gasteiger partial charge in [0.25, 0.3) is 0 Å². The minimum atomic E-state index is -4.47. The van der Waals surface area contributed by atoms with Gasteiger partial charge in [0.1, 0.15) is 4.90 Å². The van der Waals surface area contributed by atoms with Crippen LogP contribution in [0.2, 0.25) is 0 Å². The fraction of sp³-hybridized carbons (Fsp3) is 0.615. The van der Waals surface area contributed by atoms with Crippen LogP contribution in [-0.4, -0.2) is 45.8 Å². The highest BCUT2D eigenvalue weighted by atomic mass is 35.5. The van der Waals surface area contributed by atoms with Gasteiger partial charge in [-0.2, -0.15) is 13.2 Å². The van der Waals surface area contributed by atoms with E-state index in [-0.39, 0.29) is 23.2 Å². The minimum Gasteiger partial charge on any atom is -0.468 e. The van der Waals surface area contributed by atoms with Crippen LogP contribution in [0.5, 0.6) is 5.88 Å². The summed E-state index contributed by atoms with van der Waals surface area (Å²) in [6, 6.07) is 2.26. The Morgan fingerprint density at radius 3 is 2.67 bits per heavy atom. The molecule has 1 aromatic heterocycles. The lowest BCUT2D eigenvalue weighted by Gasteiger charge is -2.11. The first-order chi connectivity index (χ1) is 10.8. The monoisotopic (exact) mass is 389 g/mol. The Morgan fingerprint density at radius 2 is 2.12 bits per heavy atom. The first-order valence-corrected chi connectivity index (χ1v) is 8.60. The third kappa shape index (κ3) is 6.80. The fourth-order valence-electron chi connectivity index (χ4n) is 2.21. The number of nitrogens with zero attached hydrogens (tertiary/aromatic N) is 1. The van der Waals surface area contributed by atoms with Crippen LogP contribution in [0.4, 0.5) is 13.2 Å². The Kier molecular flexibility index (Phi) is 7.71. The number of sulfonamides is 1. The van der Waals surface area contributed by atoms with Crippen molar-refractivity contribution in [2.24, 2.45) is 5.92 Å². The number of hydrogen-bond acceptors (Lipinski definition) is 5. The van der Waals surface area contributed by atoms with Gasteiger partial charge in [0.15, 0.2) is 6.61 Å². The summed E-state index contributed by atoms with van der Waals surface area (Å²) < 4.78 is 67.0. The first kappa shape index (κ1) is 20.9. The molecular formula is C13H19ClF3N3O3S. The van der Waals surface area contributed by atoms with Crippen molar-refractivity contribution in [2.45, 2.75) is 23.9 Å². The van der Waals surface area contributed by atoms with Crippen LogP contribution in [0, 0.1) is 5.92 Å². The number of rotatable bonds is 7. The van der Waals surface area contributed by atoms with Crippen molar-refractivity contribution in [2.75, 3.05) is 26.2 Å². The molecule has 2 rings (SSSR count). The lowest BCUT2D eigenvalue weighted by Crippen LogP contribution is -2.26. The fourth-order valence-corrected chi connectivity index (χ4v) is 3.20. The second kappa shape index (κ2) is 8.84. The second-order valence-electron chi connectivity index (χ2n) is 5.28. The van der Waals surface area contributed by atoms with E-state index in [9.17, 15) is 21.6 Å². The zero-order chi connectivity index (χ0) is 16.9. The zero-order valence-corrected chi connectivity index (χ0v) is 14.3. The third-order valence-electron chi connectivity index (χ3n) is 3.41. The smallest absolute Gasteiger partial charge is 0.422 e. The molecule has 0 saturated carbocycles. The molecule has 1 fully saturated rings. The van der Waals surface area contributed by atoms with Gasteiger partial charge < -0.3 is 10.1 Å². The topological polar surface area (TPSA) is 80.3 Å². The quantitative estimate of drug-likeness (QED) is 0.742. The SMILES string of the molecule is Cl.O=S(=O)(NCCC1CCNC1)c1ccc(OCC(F)(F)F)nc1. The van der Waals surface area contributed by atoms with E-state index >= 15 is 0 Å². The van der Waals surface area contributed by atoms with E-state index in [1.54, 1.807) is 0 Å². The van der Waals surface area contributed by atoms with Crippen molar-refractivity contribution in [3.05, 3.63) is 18.3 Å². The van der Waals surface area contributed by atoms with E-state index < -0.39 is 22.8 Å². The van der Waals surface area contributed by atoms with E-state index in [0.717, 1.165) is 44.3 Å². The van der Waals surface area contributed by atoms with Gasteiger partial charge in [0.2, 0.25) is 15.9 Å². The summed E-state index contributed by atoms with van der Waals surface area (Å²) in [5.41, 5.74) is 0. The number of pyridine rings is 1. The number of hydrogen-bond donors (Lipinski definition) is 2. The maximum atomic E-state index is 12.0. The summed E-state index contributed by atoms with van der Waals surface area (Å²) in [6.07, 6.45) is -1.74. The largest absolute Gasteiger partial charge is 0.468 e. The summed E-state index contributed by atoms with van der Waals surface area (Å²) in [4.78, 5) is 3.47. The molecule has 1 aliphatic heterocycles. The molecule has 6 nitrogen and oxygen atoms in total. The molecule has 1 saturated heterocycles. The number of aromatic nitrogens is 1. The average molecular weight is 390 g/mol. The minimum absolute atomic E-state index is 0. The number of nitrogens with one attached hydrogen (secondary N) is 2. The Bertz CT molecular complexity index is 605. The molecule has 1 atom stereocenters. The Labute approximate surface area is 144 Å². The van der Waals surface area contributed by atoms with E-state index in [1.165, 1.54) is 0 Å². The molecule has 1 aromatic rings. The number of alkyl halides is 3. The van der Waals surface area contributed by atoms with Gasteiger partial charge in [-0.1, -0.05) is 0 Å². The Morgan fingerprint density at radius 1 is 1.38 bits per heavy atom. The average Bonchev–Trinajstić information content (AvgIpc) is 2.98. The lowest BCUT2D eigenvalue weighted by molar-refractivity contribution is -0.154. The van der Waals surface area contributed by atoms with Gasteiger partial charge in [-0.3, -0.25) is 0 Å². The predicted molar refractivity (Wildman–Crippen MR) is 83.8 cm³/mol. The maximum Gasteiger partial charge on any atom is 0.422 e. The Hall–Kier alpha value is -1.10. The molecule has 0 bridgehead atoms. The molecule has 0 amide bonds. The van der Waals surface area contributed by atoms with Crippen molar-refractivity contribution in [1.29, 1.82) is 0 Å². The molecule has 24 heavy (non-hydrogen) atoms. The van der Waals surface area contributed by atoms with E-state index in [1.807, 2.05) is 0 Å². The van der Waals surface area contributed by atoms with Crippen molar-refractivity contribution in [3.63, 3.8) is 0 Å². The highest BCUT2D eigenvalue weighted by Crippen LogP contribution is 2.18. The molecule has 1 unspecified atom stereocenters. The van der Waals surface area contributed by atoms with Gasteiger partial charge in [0, 0.05) is 12.6 Å². The van der Waals surface area contributed by atoms with Crippen LogP contribution < -0.4 is 14.8 Å². The summed E-state index contributed by atoms with van der Waals surface area (Å²) in [5, 5.41) is 3.20. The van der Waals surface area contributed by atoms with Crippen LogP contribution in [0.15, 0.2) is 23.2 Å². The Balaban J connectivity index is 0.00000288. The van der Waals surface area contributed by atoms with E-state index in [4.69, 9.17) is 0 Å². The molecular weight excluding hydrogens is 371 g/mol. The van der Waals surface area contributed by atoms with Gasteiger partial charge >= 0.3 is 6.18 Å². The van der Waals surface area contributed by atoms with Gasteiger partial charge in [-0.15, -0.1) is 12.4 Å². The van der Waals surface area contributed by atoms with Crippen LogP contribution in [0.3, 0.4) is 0 Å². The second-order valence-corrected chi connectivity index (χ2v) is 7.05. The maximum absolute atomic E-state index is 12.0. The van der Waals surface area contributed by atoms with Crippen LogP contribution >= 0.6 is 12.4 Å². The summed E-state index contributed by atoms with van der Waals surface area (Å²) in [7, 11) is -3.72. The highest BCUT2D eigenvalue weighted by Gasteiger charge is 2.28. The van der Waals surface area contributed by atoms with Crippen molar-refractivity contribution in [1.82, 2.24) is 15.0 Å². The molecule has 1 aliphatic rings. The molecule has 2 N–H and O–H groups in total. The van der Waals surface area contributed by atoms with Gasteiger partial charge in [-0.25, -0.2) is 18.1 Å². The summed E-state index contributed by atoms with van der Waals surface area (Å²) >= 11 is 0. The molecule has 0 aliphatic carbocycles. The predicted octanol–water partition coefficient (Wildman–Crippen LogP) is 1.72. The van der Waals surface area contributed by atoms with Gasteiger partial charge in [-0.05, 0) is 37.9 Å². The van der Waals surface area contributed by atoms with Crippen LogP contribution in [-0.2, 0) is 10.0 Å². The molecule has 11 heteroatoms. The van der Waals surface area contributed by atoms with E-state index in [2.05, 4.69) is 19.8 Å². The molecule has 0 radical (unpaired) electrons. The van der Waals surface area contributed by atoms with Crippen molar-refractivity contribution >= 4 is 22.4 Å². The molecule has 138 valence electrons. The standard InChI is InChI=1S/C13H18F3N3O3S.ClH/c14-13(15,16)9-22-12-2-1-11(8-18-12)23(20,21)19-6-4-10-3-5-17-7-10;/h1-2,8,10,17,19H,3-7,9H2;1H. The zero-order valence-electron chi connectivity index (χ0n) is 12.7. The third-order valence-corrected chi connectivity index (χ3v) is 4.86. The molecule has 0 aromatic carbocycles. The highest BCUT2D eigenvalue weighted by molar-refractivity contribution is 7.89. The molecule has 0 spiro atoms. The summed E-state index contributed by atoms with van der Waals surface area (Å²) in [5.74, 6) is 0.173. The van der Waals surface area contributed by atoms with Gasteiger partial charge in [0.05, 0.1) is 6.20 Å². The summed E-state index contributed by atoms with van der Waals surface area (Å²) in [6.45, 7) is 0.663. The van der Waals surface area contributed by atoms with Crippen LogP contribution in [0.25, 0.3) is 0 Å². The number of ether oxygens (including phenoxy) is 1. The number of halogens is 4. The van der Waals surface area contributed by atoms with Crippen LogP contribution in [0.1, 0.15) is 12.8 Å². The first-order valence-electron chi connectivity index (χ1n) is 7.12. The van der Waals surface area contributed by atoms with Crippen molar-refractivity contribution < 1.29 is 26.3 Å². The van der Waals surface area contributed by atoms with E-state index in [0.29, 0.717) is 12.5 Å².